The lowest BCUT2D eigenvalue weighted by molar-refractivity contribution is -0.113. The van der Waals surface area contributed by atoms with Gasteiger partial charge in [0.1, 0.15) is 0 Å². The van der Waals surface area contributed by atoms with Crippen LogP contribution in [0.25, 0.3) is 0 Å². The van der Waals surface area contributed by atoms with E-state index in [9.17, 15) is 9.59 Å². The first-order valence-electron chi connectivity index (χ1n) is 9.77. The number of carbonyl (C=O) groups is 2. The van der Waals surface area contributed by atoms with Gasteiger partial charge in [0, 0.05) is 12.1 Å². The Hall–Kier alpha value is -2.52. The van der Waals surface area contributed by atoms with Crippen LogP contribution < -0.4 is 10.6 Å². The first-order chi connectivity index (χ1) is 15.8. The number of thioether (sulfide) groups is 1. The highest BCUT2D eigenvalue weighted by molar-refractivity contribution is 7.99. The van der Waals surface area contributed by atoms with Gasteiger partial charge < -0.3 is 15.2 Å². The lowest BCUT2D eigenvalue weighted by Crippen LogP contribution is -2.28. The maximum absolute atomic E-state index is 12.5. The summed E-state index contributed by atoms with van der Waals surface area (Å²) >= 11 is 19.2. The fourth-order valence-corrected chi connectivity index (χ4v) is 4.25. The first-order valence-corrected chi connectivity index (χ1v) is 11.9. The zero-order valence-corrected chi connectivity index (χ0v) is 20.6. The maximum atomic E-state index is 12.5. The highest BCUT2D eigenvalue weighted by atomic mass is 35.5. The van der Waals surface area contributed by atoms with Crippen molar-refractivity contribution in [1.82, 2.24) is 20.1 Å². The smallest absolute Gasteiger partial charge is 0.251 e. The number of aromatic nitrogens is 3. The molecule has 0 aliphatic carbocycles. The monoisotopic (exact) mass is 523 g/mol. The van der Waals surface area contributed by atoms with Crippen molar-refractivity contribution < 1.29 is 9.59 Å². The Balaban J connectivity index is 1.67. The van der Waals surface area contributed by atoms with Crippen LogP contribution in [0.4, 0.5) is 5.69 Å². The molecule has 0 radical (unpaired) electrons. The summed E-state index contributed by atoms with van der Waals surface area (Å²) in [5.74, 6) is 0.0785. The number of rotatable bonds is 9. The van der Waals surface area contributed by atoms with Crippen molar-refractivity contribution in [2.24, 2.45) is 0 Å². The van der Waals surface area contributed by atoms with Crippen molar-refractivity contribution in [1.29, 1.82) is 0 Å². The Bertz CT molecular complexity index is 1170. The predicted octanol–water partition coefficient (Wildman–Crippen LogP) is 5.65. The summed E-state index contributed by atoms with van der Waals surface area (Å²) in [6.07, 6.45) is 1.69. The summed E-state index contributed by atoms with van der Waals surface area (Å²) in [5, 5.41) is 15.4. The van der Waals surface area contributed by atoms with E-state index >= 15 is 0 Å². The van der Waals surface area contributed by atoms with Crippen molar-refractivity contribution in [2.45, 2.75) is 24.7 Å². The number of nitrogens with one attached hydrogen (secondary N) is 2. The molecule has 2 N–H and O–H groups in total. The van der Waals surface area contributed by atoms with Gasteiger partial charge in [-0.15, -0.1) is 16.8 Å². The van der Waals surface area contributed by atoms with E-state index < -0.39 is 6.04 Å². The molecule has 3 aromatic rings. The van der Waals surface area contributed by atoms with Crippen LogP contribution in [0.1, 0.15) is 29.1 Å². The van der Waals surface area contributed by atoms with E-state index in [1.165, 1.54) is 23.9 Å². The van der Waals surface area contributed by atoms with E-state index in [0.29, 0.717) is 33.8 Å². The van der Waals surface area contributed by atoms with Crippen molar-refractivity contribution in [3.05, 3.63) is 81.6 Å². The molecule has 0 fully saturated rings. The Morgan fingerprint density at radius 3 is 2.52 bits per heavy atom. The summed E-state index contributed by atoms with van der Waals surface area (Å²) in [6.45, 7) is 6.00. The molecule has 1 atom stereocenters. The number of amides is 2. The van der Waals surface area contributed by atoms with E-state index in [0.717, 1.165) is 0 Å². The molecule has 3 rings (SSSR count). The van der Waals surface area contributed by atoms with Gasteiger partial charge in [-0.2, -0.15) is 0 Å². The molecule has 0 unspecified atom stereocenters. The van der Waals surface area contributed by atoms with Crippen molar-refractivity contribution in [3.8, 4) is 0 Å². The lowest BCUT2D eigenvalue weighted by Gasteiger charge is -2.15. The third kappa shape index (κ3) is 6.51. The van der Waals surface area contributed by atoms with Gasteiger partial charge in [-0.25, -0.2) is 0 Å². The minimum Gasteiger partial charge on any atom is -0.342 e. The van der Waals surface area contributed by atoms with E-state index in [-0.39, 0.29) is 27.6 Å². The van der Waals surface area contributed by atoms with Crippen molar-refractivity contribution in [2.75, 3.05) is 11.1 Å². The number of halogens is 3. The number of nitrogens with zero attached hydrogens (tertiary/aromatic N) is 3. The fraction of sp³-hybridized carbons (Fsp3) is 0.182. The Morgan fingerprint density at radius 1 is 1.12 bits per heavy atom. The van der Waals surface area contributed by atoms with E-state index in [1.54, 1.807) is 34.9 Å². The number of hydrogen-bond donors (Lipinski definition) is 2. The van der Waals surface area contributed by atoms with Gasteiger partial charge in [-0.05, 0) is 31.2 Å². The maximum Gasteiger partial charge on any atom is 0.251 e. The predicted molar refractivity (Wildman–Crippen MR) is 133 cm³/mol. The average Bonchev–Trinajstić information content (AvgIpc) is 3.19. The fourth-order valence-electron chi connectivity index (χ4n) is 2.90. The summed E-state index contributed by atoms with van der Waals surface area (Å²) in [5.41, 5.74) is 0.911. The largest absolute Gasteiger partial charge is 0.342 e. The number of anilines is 1. The summed E-state index contributed by atoms with van der Waals surface area (Å²) < 4.78 is 1.80. The molecule has 2 amide bonds. The number of carbonyl (C=O) groups excluding carboxylic acids is 2. The molecule has 1 heterocycles. The Labute approximate surface area is 210 Å². The molecule has 33 heavy (non-hydrogen) atoms. The first kappa shape index (κ1) is 25.1. The van der Waals surface area contributed by atoms with Gasteiger partial charge in [0.25, 0.3) is 5.91 Å². The van der Waals surface area contributed by atoms with Crippen LogP contribution >= 0.6 is 46.6 Å². The number of hydrogen-bond acceptors (Lipinski definition) is 5. The molecule has 0 saturated heterocycles. The minimum atomic E-state index is -0.414. The van der Waals surface area contributed by atoms with E-state index in [4.69, 9.17) is 34.8 Å². The molecule has 7 nitrogen and oxygen atoms in total. The SMILES string of the molecule is C=CCn1c(SCC(=O)Nc2cc(Cl)c(Cl)cc2Cl)nnc1[C@H](C)NC(=O)c1ccccc1. The van der Waals surface area contributed by atoms with Crippen LogP contribution in [-0.2, 0) is 11.3 Å². The Morgan fingerprint density at radius 2 is 1.82 bits per heavy atom. The third-order valence-corrected chi connectivity index (χ3v) is 6.45. The van der Waals surface area contributed by atoms with Crippen LogP contribution in [0.15, 0.2) is 60.3 Å². The van der Waals surface area contributed by atoms with Crippen LogP contribution in [0, 0.1) is 0 Å². The van der Waals surface area contributed by atoms with Gasteiger partial charge >= 0.3 is 0 Å². The number of allylic oxidation sites excluding steroid dienone is 1. The van der Waals surface area contributed by atoms with Gasteiger partial charge in [-0.3, -0.25) is 9.59 Å². The zero-order chi connectivity index (χ0) is 24.0. The van der Waals surface area contributed by atoms with Crippen LogP contribution in [0.3, 0.4) is 0 Å². The standard InChI is InChI=1S/C22H20Cl3N5O2S/c1-3-9-30-20(13(2)26-21(32)14-7-5-4-6-8-14)28-29-22(30)33-12-19(31)27-18-11-16(24)15(23)10-17(18)25/h3-8,10-11,13H,1,9,12H2,2H3,(H,26,32)(H,27,31)/t13-/m0/s1. The van der Waals surface area contributed by atoms with Gasteiger partial charge in [0.2, 0.25) is 5.91 Å². The normalized spacial score (nSPS) is 11.6. The molecule has 11 heteroatoms. The van der Waals surface area contributed by atoms with Gasteiger partial charge in [-0.1, -0.05) is 70.8 Å². The van der Waals surface area contributed by atoms with Gasteiger partial charge in [0.05, 0.1) is 32.5 Å². The molecule has 0 aliphatic heterocycles. The highest BCUT2D eigenvalue weighted by Crippen LogP contribution is 2.32. The zero-order valence-electron chi connectivity index (χ0n) is 17.5. The molecule has 1 aromatic heterocycles. The average molecular weight is 525 g/mol. The Kier molecular flexibility index (Phi) is 8.80. The molecular formula is C22H20Cl3N5O2S. The van der Waals surface area contributed by atoms with Crippen LogP contribution in [0.5, 0.6) is 0 Å². The molecule has 0 spiro atoms. The molecular weight excluding hydrogens is 505 g/mol. The van der Waals surface area contributed by atoms with E-state index in [1.807, 2.05) is 13.0 Å². The second-order valence-corrected chi connectivity index (χ2v) is 9.05. The van der Waals surface area contributed by atoms with Gasteiger partial charge in [0.15, 0.2) is 11.0 Å². The third-order valence-electron chi connectivity index (χ3n) is 4.44. The van der Waals surface area contributed by atoms with Crippen LogP contribution in [-0.4, -0.2) is 32.3 Å². The topological polar surface area (TPSA) is 88.9 Å². The molecule has 172 valence electrons. The lowest BCUT2D eigenvalue weighted by atomic mass is 10.2. The van der Waals surface area contributed by atoms with E-state index in [2.05, 4.69) is 27.4 Å². The second kappa shape index (κ2) is 11.6. The van der Waals surface area contributed by atoms with Crippen molar-refractivity contribution >= 4 is 64.1 Å². The summed E-state index contributed by atoms with van der Waals surface area (Å²) in [4.78, 5) is 24.9. The van der Waals surface area contributed by atoms with Crippen molar-refractivity contribution in [3.63, 3.8) is 0 Å². The quantitative estimate of drug-likeness (QED) is 0.215. The highest BCUT2D eigenvalue weighted by Gasteiger charge is 2.20. The minimum absolute atomic E-state index is 0.0522. The number of benzene rings is 2. The molecule has 2 aromatic carbocycles. The molecule has 0 bridgehead atoms. The molecule has 0 aliphatic rings. The summed E-state index contributed by atoms with van der Waals surface area (Å²) in [7, 11) is 0. The second-order valence-electron chi connectivity index (χ2n) is 6.88. The van der Waals surface area contributed by atoms with Crippen LogP contribution in [0.2, 0.25) is 15.1 Å². The molecule has 0 saturated carbocycles. The summed E-state index contributed by atoms with van der Waals surface area (Å²) in [6, 6.07) is 11.4.